The van der Waals surface area contributed by atoms with Gasteiger partial charge in [0.1, 0.15) is 5.69 Å². The number of carbonyl (C=O) groups is 2. The molecule has 2 amide bonds. The molecule has 1 heterocycles. The molecule has 0 bridgehead atoms. The van der Waals surface area contributed by atoms with Gasteiger partial charge in [-0.05, 0) is 25.1 Å². The minimum absolute atomic E-state index is 0.277. The van der Waals surface area contributed by atoms with E-state index in [1.54, 1.807) is 18.2 Å². The van der Waals surface area contributed by atoms with Gasteiger partial charge in [0.15, 0.2) is 5.75 Å². The lowest BCUT2D eigenvalue weighted by Gasteiger charge is -2.25. The molecule has 33 heavy (non-hydrogen) atoms. The van der Waals surface area contributed by atoms with Gasteiger partial charge in [-0.1, -0.05) is 66.2 Å². The summed E-state index contributed by atoms with van der Waals surface area (Å²) in [7, 11) is 2.74. The topological polar surface area (TPSA) is 80.8 Å². The van der Waals surface area contributed by atoms with E-state index in [4.69, 9.17) is 14.5 Å². The fraction of sp³-hybridized carbons (Fsp3) is 0.115. The second-order valence-corrected chi connectivity index (χ2v) is 7.33. The van der Waals surface area contributed by atoms with Gasteiger partial charge in [0.25, 0.3) is 5.91 Å². The first-order valence-electron chi connectivity index (χ1n) is 10.3. The standard InChI is InChI=1S/C26H23N3O4/c1-17-13-15-19(16-14-17)29(28-26(31)33-3)25(30)22-20-11-7-8-12-21(20)27-23(24(22)32-2)18-9-5-4-6-10-18/h4-16H,1-3H3,(H,28,31). The van der Waals surface area contributed by atoms with E-state index < -0.39 is 12.0 Å². The number of fused-ring (bicyclic) bond motifs is 1. The number of aromatic nitrogens is 1. The fourth-order valence-corrected chi connectivity index (χ4v) is 3.57. The summed E-state index contributed by atoms with van der Waals surface area (Å²) in [6.45, 7) is 1.94. The Labute approximate surface area is 191 Å². The van der Waals surface area contributed by atoms with Gasteiger partial charge >= 0.3 is 6.09 Å². The monoisotopic (exact) mass is 441 g/mol. The Hall–Kier alpha value is -4.39. The molecule has 0 aliphatic heterocycles. The average Bonchev–Trinajstić information content (AvgIpc) is 2.86. The first-order valence-corrected chi connectivity index (χ1v) is 10.3. The summed E-state index contributed by atoms with van der Waals surface area (Å²) in [6.07, 6.45) is -0.774. The number of rotatable bonds is 4. The van der Waals surface area contributed by atoms with Gasteiger partial charge in [0.2, 0.25) is 0 Å². The number of anilines is 1. The maximum atomic E-state index is 14.0. The van der Waals surface area contributed by atoms with Crippen LogP contribution in [-0.2, 0) is 4.74 Å². The van der Waals surface area contributed by atoms with Crippen LogP contribution >= 0.6 is 0 Å². The Morgan fingerprint density at radius 1 is 0.879 bits per heavy atom. The normalized spacial score (nSPS) is 10.5. The molecule has 0 unspecified atom stereocenters. The van der Waals surface area contributed by atoms with Crippen molar-refractivity contribution in [3.05, 3.63) is 90.0 Å². The molecule has 166 valence electrons. The molecule has 0 spiro atoms. The number of nitrogens with one attached hydrogen (secondary N) is 1. The van der Waals surface area contributed by atoms with Crippen molar-refractivity contribution in [2.24, 2.45) is 0 Å². The van der Waals surface area contributed by atoms with Gasteiger partial charge in [0, 0.05) is 10.9 Å². The van der Waals surface area contributed by atoms with Crippen molar-refractivity contribution >= 4 is 28.6 Å². The maximum absolute atomic E-state index is 14.0. The van der Waals surface area contributed by atoms with Crippen LogP contribution in [0.15, 0.2) is 78.9 Å². The number of para-hydroxylation sites is 1. The lowest BCUT2D eigenvalue weighted by molar-refractivity contribution is 0.0963. The van der Waals surface area contributed by atoms with Crippen molar-refractivity contribution in [2.75, 3.05) is 19.2 Å². The van der Waals surface area contributed by atoms with Crippen molar-refractivity contribution < 1.29 is 19.1 Å². The van der Waals surface area contributed by atoms with Crippen LogP contribution in [0.3, 0.4) is 0 Å². The highest BCUT2D eigenvalue weighted by Crippen LogP contribution is 2.37. The number of hydrogen-bond donors (Lipinski definition) is 1. The van der Waals surface area contributed by atoms with E-state index in [-0.39, 0.29) is 5.56 Å². The van der Waals surface area contributed by atoms with Crippen LogP contribution in [0.5, 0.6) is 5.75 Å². The molecule has 0 saturated carbocycles. The van der Waals surface area contributed by atoms with Gasteiger partial charge in [-0.15, -0.1) is 0 Å². The number of hydrogen-bond acceptors (Lipinski definition) is 5. The lowest BCUT2D eigenvalue weighted by Crippen LogP contribution is -2.46. The predicted molar refractivity (Wildman–Crippen MR) is 127 cm³/mol. The van der Waals surface area contributed by atoms with Crippen molar-refractivity contribution in [3.8, 4) is 17.0 Å². The van der Waals surface area contributed by atoms with Crippen LogP contribution in [-0.4, -0.2) is 31.2 Å². The first kappa shape index (κ1) is 21.8. The molecule has 7 nitrogen and oxygen atoms in total. The molecular weight excluding hydrogens is 418 g/mol. The van der Waals surface area contributed by atoms with Crippen LogP contribution in [0.1, 0.15) is 15.9 Å². The van der Waals surface area contributed by atoms with E-state index in [9.17, 15) is 9.59 Å². The summed E-state index contributed by atoms with van der Waals surface area (Å²) < 4.78 is 10.5. The SMILES string of the molecule is COC(=O)NN(C(=O)c1c(OC)c(-c2ccccc2)nc2ccccc12)c1ccc(C)cc1. The summed E-state index contributed by atoms with van der Waals surface area (Å²) in [5, 5.41) is 1.76. The number of ether oxygens (including phenoxy) is 2. The van der Waals surface area contributed by atoms with Crippen LogP contribution in [0.25, 0.3) is 22.2 Å². The van der Waals surface area contributed by atoms with E-state index >= 15 is 0 Å². The highest BCUT2D eigenvalue weighted by Gasteiger charge is 2.28. The molecule has 1 N–H and O–H groups in total. The molecule has 4 aromatic rings. The Morgan fingerprint density at radius 2 is 1.55 bits per heavy atom. The molecule has 7 heteroatoms. The smallest absolute Gasteiger partial charge is 0.426 e. The number of amides is 2. The molecule has 0 aliphatic rings. The van der Waals surface area contributed by atoms with Crippen molar-refractivity contribution in [1.82, 2.24) is 10.4 Å². The third-order valence-electron chi connectivity index (χ3n) is 5.20. The average molecular weight is 441 g/mol. The van der Waals surface area contributed by atoms with E-state index in [0.717, 1.165) is 16.1 Å². The molecule has 1 aromatic heterocycles. The van der Waals surface area contributed by atoms with Crippen molar-refractivity contribution in [3.63, 3.8) is 0 Å². The second kappa shape index (κ2) is 9.40. The van der Waals surface area contributed by atoms with E-state index in [2.05, 4.69) is 5.43 Å². The maximum Gasteiger partial charge on any atom is 0.426 e. The number of benzene rings is 3. The molecular formula is C26H23N3O4. The molecule has 0 saturated heterocycles. The fourth-order valence-electron chi connectivity index (χ4n) is 3.57. The van der Waals surface area contributed by atoms with E-state index in [1.165, 1.54) is 14.2 Å². The summed E-state index contributed by atoms with van der Waals surface area (Å²) in [4.78, 5) is 30.9. The number of pyridine rings is 1. The molecule has 0 aliphatic carbocycles. The van der Waals surface area contributed by atoms with Crippen LogP contribution in [0.2, 0.25) is 0 Å². The summed E-state index contributed by atoms with van der Waals surface area (Å²) >= 11 is 0. The summed E-state index contributed by atoms with van der Waals surface area (Å²) in [5.74, 6) is -0.175. The van der Waals surface area contributed by atoms with Crippen LogP contribution < -0.4 is 15.2 Å². The molecule has 0 atom stereocenters. The van der Waals surface area contributed by atoms with E-state index in [1.807, 2.05) is 67.6 Å². The zero-order valence-corrected chi connectivity index (χ0v) is 18.5. The number of hydrazine groups is 1. The third kappa shape index (κ3) is 4.34. The molecule has 3 aromatic carbocycles. The Morgan fingerprint density at radius 3 is 2.21 bits per heavy atom. The van der Waals surface area contributed by atoms with Gasteiger partial charge in [-0.2, -0.15) is 0 Å². The Bertz CT molecular complexity index is 1300. The number of carbonyl (C=O) groups excluding carboxylic acids is 2. The van der Waals surface area contributed by atoms with Crippen molar-refractivity contribution in [1.29, 1.82) is 0 Å². The molecule has 0 fully saturated rings. The minimum Gasteiger partial charge on any atom is -0.494 e. The second-order valence-electron chi connectivity index (χ2n) is 7.33. The number of methoxy groups -OCH3 is 2. The number of aryl methyl sites for hydroxylation is 1. The highest BCUT2D eigenvalue weighted by molar-refractivity contribution is 6.17. The van der Waals surface area contributed by atoms with Gasteiger partial charge in [0.05, 0.1) is 31.0 Å². The third-order valence-corrected chi connectivity index (χ3v) is 5.20. The van der Waals surface area contributed by atoms with Crippen LogP contribution in [0, 0.1) is 6.92 Å². The molecule has 0 radical (unpaired) electrons. The minimum atomic E-state index is -0.774. The number of nitrogens with zero attached hydrogens (tertiary/aromatic N) is 2. The zero-order valence-electron chi connectivity index (χ0n) is 18.5. The zero-order chi connectivity index (χ0) is 23.4. The highest BCUT2D eigenvalue weighted by atomic mass is 16.5. The van der Waals surface area contributed by atoms with Crippen LogP contribution in [0.4, 0.5) is 10.5 Å². The quantitative estimate of drug-likeness (QED) is 0.444. The van der Waals surface area contributed by atoms with Gasteiger partial charge in [-0.3, -0.25) is 4.79 Å². The summed E-state index contributed by atoms with van der Waals surface area (Å²) in [5.41, 5.74) is 6.25. The largest absolute Gasteiger partial charge is 0.494 e. The predicted octanol–water partition coefficient (Wildman–Crippen LogP) is 5.14. The van der Waals surface area contributed by atoms with E-state index in [0.29, 0.717) is 28.0 Å². The lowest BCUT2D eigenvalue weighted by atomic mass is 10.0. The van der Waals surface area contributed by atoms with Gasteiger partial charge in [-0.25, -0.2) is 20.2 Å². The Kier molecular flexibility index (Phi) is 6.22. The molecule has 4 rings (SSSR count). The first-order chi connectivity index (χ1) is 16.0. The van der Waals surface area contributed by atoms with Crippen molar-refractivity contribution in [2.45, 2.75) is 6.92 Å². The van der Waals surface area contributed by atoms with Gasteiger partial charge < -0.3 is 9.47 Å². The summed E-state index contributed by atoms with van der Waals surface area (Å²) in [6, 6.07) is 24.0. The Balaban J connectivity index is 1.96.